The van der Waals surface area contributed by atoms with E-state index in [1.807, 2.05) is 0 Å². The zero-order valence-corrected chi connectivity index (χ0v) is 17.0. The summed E-state index contributed by atoms with van der Waals surface area (Å²) in [6, 6.07) is 0. The van der Waals surface area contributed by atoms with E-state index >= 15 is 0 Å². The van der Waals surface area contributed by atoms with Gasteiger partial charge in [-0.25, -0.2) is 0 Å². The number of rotatable bonds is 2. The van der Waals surface area contributed by atoms with E-state index in [1.165, 1.54) is 17.6 Å². The van der Waals surface area contributed by atoms with Crippen LogP contribution in [0.5, 0.6) is 0 Å². The van der Waals surface area contributed by atoms with Crippen molar-refractivity contribution in [2.45, 2.75) is 54.1 Å². The SMILES string of the molecule is CC1=CC(C)(C2=[C]([Zr])CC([SiH](C)C)=C2C)C(C)=C1C. The zero-order valence-electron chi connectivity index (χ0n) is 13.4. The van der Waals surface area contributed by atoms with Crippen LogP contribution in [0.2, 0.25) is 13.1 Å². The van der Waals surface area contributed by atoms with Gasteiger partial charge in [0.15, 0.2) is 0 Å². The van der Waals surface area contributed by atoms with Gasteiger partial charge in [0.2, 0.25) is 0 Å². The van der Waals surface area contributed by atoms with E-state index in [-0.39, 0.29) is 5.41 Å². The molecule has 1 atom stereocenters. The first-order valence-electron chi connectivity index (χ1n) is 7.23. The van der Waals surface area contributed by atoms with E-state index in [4.69, 9.17) is 0 Å². The fourth-order valence-electron chi connectivity index (χ4n) is 3.73. The molecule has 0 heterocycles. The van der Waals surface area contributed by atoms with Crippen LogP contribution in [0.25, 0.3) is 0 Å². The maximum atomic E-state index is 2.51. The van der Waals surface area contributed by atoms with Crippen molar-refractivity contribution < 1.29 is 24.7 Å². The summed E-state index contributed by atoms with van der Waals surface area (Å²) in [7, 11) is -0.667. The molecule has 0 N–H and O–H groups in total. The molecular formula is C17H25SiZr. The molecule has 0 saturated heterocycles. The predicted molar refractivity (Wildman–Crippen MR) is 83.5 cm³/mol. The van der Waals surface area contributed by atoms with Crippen LogP contribution in [0.3, 0.4) is 0 Å². The van der Waals surface area contributed by atoms with E-state index < -0.39 is 8.80 Å². The zero-order chi connectivity index (χ0) is 14.5. The van der Waals surface area contributed by atoms with Gasteiger partial charge in [-0.1, -0.05) is 0 Å². The second kappa shape index (κ2) is 5.11. The fraction of sp³-hybridized carbons (Fsp3) is 0.529. The molecule has 1 unspecified atom stereocenters. The van der Waals surface area contributed by atoms with Crippen molar-refractivity contribution in [1.82, 2.24) is 0 Å². The molecule has 0 fully saturated rings. The van der Waals surface area contributed by atoms with Crippen molar-refractivity contribution in [2.24, 2.45) is 5.41 Å². The molecule has 0 aromatic heterocycles. The van der Waals surface area contributed by atoms with Gasteiger partial charge in [0.05, 0.1) is 0 Å². The monoisotopic (exact) mass is 347 g/mol. The van der Waals surface area contributed by atoms with Crippen LogP contribution in [0.1, 0.15) is 41.0 Å². The molecule has 0 spiro atoms. The van der Waals surface area contributed by atoms with Gasteiger partial charge < -0.3 is 0 Å². The van der Waals surface area contributed by atoms with Crippen molar-refractivity contribution in [3.05, 3.63) is 42.4 Å². The molecule has 0 aromatic rings. The molecule has 19 heavy (non-hydrogen) atoms. The van der Waals surface area contributed by atoms with Crippen molar-refractivity contribution >= 4 is 8.80 Å². The van der Waals surface area contributed by atoms with Gasteiger partial charge >= 0.3 is 135 Å². The van der Waals surface area contributed by atoms with Gasteiger partial charge in [-0.05, 0) is 0 Å². The fourth-order valence-corrected chi connectivity index (χ4v) is 7.42. The summed E-state index contributed by atoms with van der Waals surface area (Å²) >= 11 is 1.61. The third kappa shape index (κ3) is 2.29. The predicted octanol–water partition coefficient (Wildman–Crippen LogP) is 4.84. The quantitative estimate of drug-likeness (QED) is 0.627. The van der Waals surface area contributed by atoms with E-state index in [0.717, 1.165) is 0 Å². The molecule has 2 aliphatic rings. The van der Waals surface area contributed by atoms with Crippen molar-refractivity contribution in [3.8, 4) is 0 Å². The molecule has 0 amide bonds. The summed E-state index contributed by atoms with van der Waals surface area (Å²) in [6.07, 6.45) is 3.78. The Hall–Kier alpha value is 0.0600. The van der Waals surface area contributed by atoms with Gasteiger partial charge in [-0.3, -0.25) is 0 Å². The molecule has 2 aliphatic carbocycles. The Kier molecular flexibility index (Phi) is 4.16. The Morgan fingerprint density at radius 1 is 1.11 bits per heavy atom. The molecule has 101 valence electrons. The Morgan fingerprint density at radius 2 is 1.68 bits per heavy atom. The summed E-state index contributed by atoms with van der Waals surface area (Å²) < 4.78 is 1.70. The molecular weight excluding hydrogens is 323 g/mol. The Labute approximate surface area is 135 Å². The average Bonchev–Trinajstić information content (AvgIpc) is 2.71. The summed E-state index contributed by atoms with van der Waals surface area (Å²) in [5, 5.41) is 1.80. The molecule has 0 saturated carbocycles. The van der Waals surface area contributed by atoms with Crippen LogP contribution in [0, 0.1) is 5.41 Å². The van der Waals surface area contributed by atoms with Crippen LogP contribution in [0.4, 0.5) is 0 Å². The summed E-state index contributed by atoms with van der Waals surface area (Å²) in [4.78, 5) is 0. The second-order valence-electron chi connectivity index (χ2n) is 6.61. The number of hydrogen-bond acceptors (Lipinski definition) is 0. The van der Waals surface area contributed by atoms with Gasteiger partial charge in [-0.2, -0.15) is 0 Å². The van der Waals surface area contributed by atoms with E-state index in [1.54, 1.807) is 49.9 Å². The van der Waals surface area contributed by atoms with Crippen LogP contribution in [-0.4, -0.2) is 8.80 Å². The minimum absolute atomic E-state index is 0.169. The maximum absolute atomic E-state index is 2.51. The number of hydrogen-bond donors (Lipinski definition) is 0. The minimum atomic E-state index is -0.667. The van der Waals surface area contributed by atoms with Gasteiger partial charge in [0.25, 0.3) is 0 Å². The first-order valence-corrected chi connectivity index (χ1v) is 11.3. The van der Waals surface area contributed by atoms with E-state index in [9.17, 15) is 0 Å². The molecule has 0 nitrogen and oxygen atoms in total. The van der Waals surface area contributed by atoms with Gasteiger partial charge in [0, 0.05) is 0 Å². The average molecular weight is 349 g/mol. The first-order chi connectivity index (χ1) is 8.70. The van der Waals surface area contributed by atoms with Gasteiger partial charge in [0.1, 0.15) is 0 Å². The molecule has 2 heteroatoms. The van der Waals surface area contributed by atoms with Gasteiger partial charge in [-0.15, -0.1) is 0 Å². The second-order valence-corrected chi connectivity index (χ2v) is 11.1. The molecule has 0 aromatic carbocycles. The first kappa shape index (κ1) is 15.4. The van der Waals surface area contributed by atoms with E-state index in [0.29, 0.717) is 0 Å². The molecule has 0 radical (unpaired) electrons. The molecule has 0 bridgehead atoms. The third-order valence-corrected chi connectivity index (χ3v) is 8.26. The Balaban J connectivity index is 2.58. The Morgan fingerprint density at radius 3 is 2.05 bits per heavy atom. The topological polar surface area (TPSA) is 0 Å². The van der Waals surface area contributed by atoms with Crippen molar-refractivity contribution in [1.29, 1.82) is 0 Å². The molecule has 2 rings (SSSR count). The molecule has 0 aliphatic heterocycles. The van der Waals surface area contributed by atoms with E-state index in [2.05, 4.69) is 53.8 Å². The summed E-state index contributed by atoms with van der Waals surface area (Å²) in [5.74, 6) is 0. The van der Waals surface area contributed by atoms with Crippen molar-refractivity contribution in [2.75, 3.05) is 0 Å². The third-order valence-electron chi connectivity index (χ3n) is 5.18. The van der Waals surface area contributed by atoms with Crippen LogP contribution in [0.15, 0.2) is 42.4 Å². The summed E-state index contributed by atoms with van der Waals surface area (Å²) in [5.41, 5.74) is 8.00. The van der Waals surface area contributed by atoms with Crippen molar-refractivity contribution in [3.63, 3.8) is 0 Å². The Bertz CT molecular complexity index is 558. The van der Waals surface area contributed by atoms with Crippen LogP contribution < -0.4 is 0 Å². The number of allylic oxidation sites excluding steroid dienone is 8. The normalized spacial score (nSPS) is 28.1. The van der Waals surface area contributed by atoms with Crippen LogP contribution >= 0.6 is 0 Å². The van der Waals surface area contributed by atoms with Crippen LogP contribution in [-0.2, 0) is 24.7 Å². The summed E-state index contributed by atoms with van der Waals surface area (Å²) in [6.45, 7) is 16.6. The standard InChI is InChI=1S/C17H25Si.Zr/c1-11-10-17(5,14(4)12(11)2)15-8-9-16(13(15)3)18(6)7;/h10,18H,9H2,1-7H3;.